The fraction of sp³-hybridized carbons (Fsp3) is 0.600. The third-order valence-electron chi connectivity index (χ3n) is 4.01. The molecule has 1 aromatic rings. The van der Waals surface area contributed by atoms with E-state index in [2.05, 4.69) is 4.74 Å². The van der Waals surface area contributed by atoms with Crippen molar-refractivity contribution in [3.8, 4) is 0 Å². The van der Waals surface area contributed by atoms with Crippen molar-refractivity contribution >= 4 is 12.6 Å². The molecule has 0 N–H and O–H groups in total. The minimum absolute atomic E-state index is 0.104. The lowest BCUT2D eigenvalue weighted by molar-refractivity contribution is -0.176. The number of hydrogen-bond donors (Lipinski definition) is 0. The zero-order valence-corrected chi connectivity index (χ0v) is 13.2. The third-order valence-corrected chi connectivity index (χ3v) is 4.01. The van der Waals surface area contributed by atoms with Gasteiger partial charge in [0.25, 0.3) is 0 Å². The predicted molar refractivity (Wildman–Crippen MR) is 77.9 cm³/mol. The summed E-state index contributed by atoms with van der Waals surface area (Å²) in [4.78, 5) is 0. The van der Waals surface area contributed by atoms with Gasteiger partial charge in [0.05, 0.1) is 17.8 Å². The smallest absolute Gasteiger partial charge is 0.399 e. The van der Waals surface area contributed by atoms with Gasteiger partial charge in [-0.25, -0.2) is 0 Å². The molecule has 0 aromatic heterocycles. The Bertz CT molecular complexity index is 513. The molecule has 3 nitrogen and oxygen atoms in total. The summed E-state index contributed by atoms with van der Waals surface area (Å²) in [5, 5.41) is 0. The molecule has 0 spiro atoms. The number of rotatable bonds is 4. The second-order valence-corrected chi connectivity index (χ2v) is 6.44. The highest BCUT2D eigenvalue weighted by molar-refractivity contribution is 6.62. The number of ether oxygens (including phenoxy) is 1. The predicted octanol–water partition coefficient (Wildman–Crippen LogP) is 3.06. The first-order valence-electron chi connectivity index (χ1n) is 7.09. The lowest BCUT2D eigenvalue weighted by atomic mass is 9.78. The highest BCUT2D eigenvalue weighted by Gasteiger charge is 2.51. The van der Waals surface area contributed by atoms with E-state index in [1.165, 1.54) is 0 Å². The molecule has 1 aliphatic rings. The number of halogens is 3. The minimum Gasteiger partial charge on any atom is -0.399 e. The molecule has 2 rings (SSSR count). The Labute approximate surface area is 128 Å². The maximum Gasteiger partial charge on any atom is 0.494 e. The zero-order valence-electron chi connectivity index (χ0n) is 13.2. The number of benzene rings is 1. The van der Waals surface area contributed by atoms with E-state index in [0.29, 0.717) is 5.56 Å². The molecule has 0 unspecified atom stereocenters. The first kappa shape index (κ1) is 17.3. The maximum absolute atomic E-state index is 12.1. The first-order valence-corrected chi connectivity index (χ1v) is 7.09. The highest BCUT2D eigenvalue weighted by atomic mass is 19.4. The average molecular weight is 316 g/mol. The van der Waals surface area contributed by atoms with Crippen molar-refractivity contribution < 1.29 is 27.2 Å². The number of hydrogen-bond acceptors (Lipinski definition) is 3. The van der Waals surface area contributed by atoms with Gasteiger partial charge in [0, 0.05) is 0 Å². The van der Waals surface area contributed by atoms with E-state index < -0.39 is 31.1 Å². The van der Waals surface area contributed by atoms with E-state index in [1.807, 2.05) is 33.8 Å². The summed E-state index contributed by atoms with van der Waals surface area (Å²) in [6.45, 7) is 6.43. The Morgan fingerprint density at radius 2 is 1.68 bits per heavy atom. The Hall–Kier alpha value is -1.05. The van der Waals surface area contributed by atoms with Crippen LogP contribution in [-0.2, 0) is 20.7 Å². The first-order chi connectivity index (χ1) is 10.0. The molecule has 0 aliphatic carbocycles. The van der Waals surface area contributed by atoms with Crippen LogP contribution in [0.1, 0.15) is 33.3 Å². The van der Waals surface area contributed by atoms with Crippen LogP contribution in [0.15, 0.2) is 24.3 Å². The summed E-state index contributed by atoms with van der Waals surface area (Å²) < 4.78 is 52.8. The van der Waals surface area contributed by atoms with Gasteiger partial charge in [-0.15, -0.1) is 0 Å². The standard InChI is InChI=1S/C15H20BF3O3/c1-13(2)14(3,4)22-16(21-13)12-7-5-6-11(8-12)9-20-10-15(17,18)19/h5-8H,9-10H2,1-4H3. The molecule has 1 fully saturated rings. The second-order valence-electron chi connectivity index (χ2n) is 6.44. The molecule has 1 saturated heterocycles. The van der Waals surface area contributed by atoms with E-state index >= 15 is 0 Å². The summed E-state index contributed by atoms with van der Waals surface area (Å²) in [5.41, 5.74) is 0.504. The highest BCUT2D eigenvalue weighted by Crippen LogP contribution is 2.36. The quantitative estimate of drug-likeness (QED) is 0.799. The van der Waals surface area contributed by atoms with E-state index in [1.54, 1.807) is 18.2 Å². The molecule has 1 aliphatic heterocycles. The summed E-state index contributed by atoms with van der Waals surface area (Å²) in [5.74, 6) is 0. The normalized spacial score (nSPS) is 20.4. The maximum atomic E-state index is 12.1. The van der Waals surface area contributed by atoms with Gasteiger partial charge < -0.3 is 14.0 Å². The molecular formula is C15H20BF3O3. The van der Waals surface area contributed by atoms with Crippen molar-refractivity contribution in [2.75, 3.05) is 6.61 Å². The molecule has 0 saturated carbocycles. The van der Waals surface area contributed by atoms with Crippen LogP contribution in [0.3, 0.4) is 0 Å². The molecule has 0 atom stereocenters. The summed E-state index contributed by atoms with van der Waals surface area (Å²) in [6, 6.07) is 7.05. The Morgan fingerprint density at radius 3 is 2.23 bits per heavy atom. The van der Waals surface area contributed by atoms with Crippen LogP contribution in [0, 0.1) is 0 Å². The molecule has 122 valence electrons. The molecule has 0 radical (unpaired) electrons. The van der Waals surface area contributed by atoms with Gasteiger partial charge in [0.2, 0.25) is 0 Å². The van der Waals surface area contributed by atoms with Crippen molar-refractivity contribution in [1.82, 2.24) is 0 Å². The average Bonchev–Trinajstić information content (AvgIpc) is 2.57. The molecule has 7 heteroatoms. The van der Waals surface area contributed by atoms with Gasteiger partial charge in [0.1, 0.15) is 6.61 Å². The van der Waals surface area contributed by atoms with Crippen LogP contribution in [0.25, 0.3) is 0 Å². The largest absolute Gasteiger partial charge is 0.494 e. The van der Waals surface area contributed by atoms with Crippen LogP contribution in [0.2, 0.25) is 0 Å². The Balaban J connectivity index is 2.04. The van der Waals surface area contributed by atoms with Crippen LogP contribution in [-0.4, -0.2) is 31.1 Å². The fourth-order valence-electron chi connectivity index (χ4n) is 2.09. The van der Waals surface area contributed by atoms with Gasteiger partial charge in [-0.2, -0.15) is 13.2 Å². The molecule has 1 heterocycles. The summed E-state index contributed by atoms with van der Waals surface area (Å²) in [6.07, 6.45) is -4.32. The minimum atomic E-state index is -4.32. The lowest BCUT2D eigenvalue weighted by Gasteiger charge is -2.32. The molecule has 0 bridgehead atoms. The third kappa shape index (κ3) is 4.03. The second kappa shape index (κ2) is 5.87. The molecule has 22 heavy (non-hydrogen) atoms. The monoisotopic (exact) mass is 316 g/mol. The van der Waals surface area contributed by atoms with E-state index in [-0.39, 0.29) is 6.61 Å². The topological polar surface area (TPSA) is 27.7 Å². The zero-order chi connectivity index (χ0) is 16.6. The van der Waals surface area contributed by atoms with Gasteiger partial charge in [0.15, 0.2) is 0 Å². The van der Waals surface area contributed by atoms with Crippen molar-refractivity contribution in [2.45, 2.75) is 51.7 Å². The SMILES string of the molecule is CC1(C)OB(c2cccc(COCC(F)(F)F)c2)OC1(C)C. The van der Waals surface area contributed by atoms with Gasteiger partial charge in [-0.3, -0.25) is 0 Å². The van der Waals surface area contributed by atoms with Gasteiger partial charge in [-0.05, 0) is 38.7 Å². The van der Waals surface area contributed by atoms with Crippen LogP contribution >= 0.6 is 0 Å². The van der Waals surface area contributed by atoms with Crippen molar-refractivity contribution in [3.63, 3.8) is 0 Å². The van der Waals surface area contributed by atoms with Gasteiger partial charge in [-0.1, -0.05) is 24.3 Å². The molecular weight excluding hydrogens is 296 g/mol. The van der Waals surface area contributed by atoms with E-state index in [4.69, 9.17) is 9.31 Å². The summed E-state index contributed by atoms with van der Waals surface area (Å²) in [7, 11) is -0.535. The van der Waals surface area contributed by atoms with E-state index in [9.17, 15) is 13.2 Å². The van der Waals surface area contributed by atoms with Crippen molar-refractivity contribution in [2.24, 2.45) is 0 Å². The van der Waals surface area contributed by atoms with Gasteiger partial charge >= 0.3 is 13.3 Å². The lowest BCUT2D eigenvalue weighted by Crippen LogP contribution is -2.41. The fourth-order valence-corrected chi connectivity index (χ4v) is 2.09. The van der Waals surface area contributed by atoms with Crippen LogP contribution in [0.5, 0.6) is 0 Å². The van der Waals surface area contributed by atoms with Crippen molar-refractivity contribution in [1.29, 1.82) is 0 Å². The Morgan fingerprint density at radius 1 is 1.09 bits per heavy atom. The molecule has 1 aromatic carbocycles. The molecule has 0 amide bonds. The van der Waals surface area contributed by atoms with Crippen LogP contribution in [0.4, 0.5) is 13.2 Å². The van der Waals surface area contributed by atoms with Crippen molar-refractivity contribution in [3.05, 3.63) is 29.8 Å². The van der Waals surface area contributed by atoms with E-state index in [0.717, 1.165) is 5.46 Å². The summed E-state index contributed by atoms with van der Waals surface area (Å²) >= 11 is 0. The van der Waals surface area contributed by atoms with Crippen LogP contribution < -0.4 is 5.46 Å². The number of alkyl halides is 3. The Kier molecular flexibility index (Phi) is 4.62.